The van der Waals surface area contributed by atoms with Crippen molar-refractivity contribution in [3.63, 3.8) is 0 Å². The van der Waals surface area contributed by atoms with E-state index in [2.05, 4.69) is 10.3 Å². The third kappa shape index (κ3) is 4.05. The molecule has 0 aromatic carbocycles. The van der Waals surface area contributed by atoms with E-state index in [1.165, 1.54) is 30.7 Å². The van der Waals surface area contributed by atoms with Crippen LogP contribution in [0.5, 0.6) is 0 Å². The van der Waals surface area contributed by atoms with Gasteiger partial charge in [0.25, 0.3) is 5.69 Å². The highest BCUT2D eigenvalue weighted by molar-refractivity contribution is 5.86. The molecule has 8 nitrogen and oxygen atoms in total. The summed E-state index contributed by atoms with van der Waals surface area (Å²) in [4.78, 5) is 25.7. The molecule has 2 heterocycles. The van der Waals surface area contributed by atoms with E-state index >= 15 is 0 Å². The minimum Gasteiger partial charge on any atom is -0.458 e. The van der Waals surface area contributed by atoms with Gasteiger partial charge in [-0.05, 0) is 24.6 Å². The number of rotatable bonds is 7. The summed E-state index contributed by atoms with van der Waals surface area (Å²) in [5.74, 6) is 0.0803. The quantitative estimate of drug-likeness (QED) is 0.476. The van der Waals surface area contributed by atoms with Gasteiger partial charge < -0.3 is 14.5 Å². The maximum atomic E-state index is 11.7. The second-order valence-electron chi connectivity index (χ2n) is 4.48. The lowest BCUT2D eigenvalue weighted by Gasteiger charge is -2.17. The largest absolute Gasteiger partial charge is 0.458 e. The second kappa shape index (κ2) is 7.21. The van der Waals surface area contributed by atoms with Crippen LogP contribution in [0.2, 0.25) is 0 Å². The Bertz CT molecular complexity index is 624. The maximum Gasteiger partial charge on any atom is 0.374 e. The first-order valence-corrected chi connectivity index (χ1v) is 6.67. The molecule has 0 aliphatic carbocycles. The lowest BCUT2D eigenvalue weighted by atomic mass is 10.2. The maximum absolute atomic E-state index is 11.7. The molecule has 0 fully saturated rings. The average Bonchev–Trinajstić information content (AvgIpc) is 3.06. The molecule has 0 aliphatic heterocycles. The van der Waals surface area contributed by atoms with E-state index in [0.717, 1.165) is 0 Å². The molecule has 0 bridgehead atoms. The molecule has 8 heteroatoms. The van der Waals surface area contributed by atoms with E-state index in [1.807, 2.05) is 6.92 Å². The van der Waals surface area contributed by atoms with Gasteiger partial charge in [-0.15, -0.1) is 0 Å². The highest BCUT2D eigenvalue weighted by atomic mass is 16.6. The Hall–Kier alpha value is -2.90. The molecule has 0 amide bonds. The molecule has 116 valence electrons. The van der Waals surface area contributed by atoms with Crippen molar-refractivity contribution in [2.24, 2.45) is 0 Å². The molecule has 2 rings (SSSR count). The molecular formula is C14H15N3O5. The first-order chi connectivity index (χ1) is 10.6. The van der Waals surface area contributed by atoms with Crippen LogP contribution in [0.1, 0.15) is 23.9 Å². The number of aromatic nitrogens is 1. The fourth-order valence-electron chi connectivity index (χ4n) is 1.69. The van der Waals surface area contributed by atoms with E-state index in [0.29, 0.717) is 12.2 Å². The van der Waals surface area contributed by atoms with Gasteiger partial charge in [0.15, 0.2) is 0 Å². The van der Waals surface area contributed by atoms with E-state index in [9.17, 15) is 14.9 Å². The van der Waals surface area contributed by atoms with E-state index in [-0.39, 0.29) is 24.1 Å². The number of nitrogens with one attached hydrogen (secondary N) is 1. The van der Waals surface area contributed by atoms with E-state index < -0.39 is 10.9 Å². The number of hydrogen-bond acceptors (Lipinski definition) is 7. The zero-order valence-corrected chi connectivity index (χ0v) is 11.9. The number of nitrogens with zero attached hydrogens (tertiary/aromatic N) is 2. The zero-order chi connectivity index (χ0) is 15.9. The van der Waals surface area contributed by atoms with Crippen molar-refractivity contribution in [1.82, 2.24) is 4.98 Å². The van der Waals surface area contributed by atoms with Crippen molar-refractivity contribution in [3.05, 3.63) is 52.6 Å². The third-order valence-electron chi connectivity index (χ3n) is 2.94. The Balaban J connectivity index is 1.89. The lowest BCUT2D eigenvalue weighted by Crippen LogP contribution is -2.26. The normalized spacial score (nSPS) is 11.7. The first-order valence-electron chi connectivity index (χ1n) is 6.67. The molecule has 1 atom stereocenters. The van der Waals surface area contributed by atoms with Crippen LogP contribution in [-0.4, -0.2) is 28.5 Å². The van der Waals surface area contributed by atoms with Crippen LogP contribution < -0.4 is 5.32 Å². The Morgan fingerprint density at radius 2 is 2.32 bits per heavy atom. The number of carbonyl (C=O) groups is 1. The SMILES string of the molecule is CCC(COC(=O)c1ccco1)Nc1ccc([N+](=O)[O-])cn1. The third-order valence-corrected chi connectivity index (χ3v) is 2.94. The van der Waals surface area contributed by atoms with Crippen molar-refractivity contribution in [1.29, 1.82) is 0 Å². The Morgan fingerprint density at radius 1 is 1.50 bits per heavy atom. The number of esters is 1. The molecule has 0 spiro atoms. The van der Waals surface area contributed by atoms with Crippen LogP contribution in [0.4, 0.5) is 11.5 Å². The van der Waals surface area contributed by atoms with Crippen LogP contribution in [0.25, 0.3) is 0 Å². The molecule has 0 saturated carbocycles. The summed E-state index contributed by atoms with van der Waals surface area (Å²) < 4.78 is 10.1. The minimum absolute atomic E-state index is 0.0807. The van der Waals surface area contributed by atoms with Crippen molar-refractivity contribution < 1.29 is 18.9 Å². The van der Waals surface area contributed by atoms with E-state index in [4.69, 9.17) is 9.15 Å². The van der Waals surface area contributed by atoms with E-state index in [1.54, 1.807) is 6.07 Å². The summed E-state index contributed by atoms with van der Waals surface area (Å²) in [5.41, 5.74) is -0.0807. The summed E-state index contributed by atoms with van der Waals surface area (Å²) in [5, 5.41) is 13.6. The molecule has 1 N–H and O–H groups in total. The molecule has 1 unspecified atom stereocenters. The predicted octanol–water partition coefficient (Wildman–Crippen LogP) is 2.63. The van der Waals surface area contributed by atoms with Gasteiger partial charge in [-0.2, -0.15) is 0 Å². The fraction of sp³-hybridized carbons (Fsp3) is 0.286. The number of hydrogen-bond donors (Lipinski definition) is 1. The zero-order valence-electron chi connectivity index (χ0n) is 11.9. The van der Waals surface area contributed by atoms with Gasteiger partial charge in [0.05, 0.1) is 17.2 Å². The topological polar surface area (TPSA) is 108 Å². The van der Waals surface area contributed by atoms with Gasteiger partial charge >= 0.3 is 5.97 Å². The van der Waals surface area contributed by atoms with Crippen LogP contribution in [0.15, 0.2) is 41.1 Å². The number of nitro groups is 1. The highest BCUT2D eigenvalue weighted by Gasteiger charge is 2.14. The molecule has 0 aliphatic rings. The number of anilines is 1. The van der Waals surface area contributed by atoms with Crippen LogP contribution in [0, 0.1) is 10.1 Å². The summed E-state index contributed by atoms with van der Waals surface area (Å²) >= 11 is 0. The lowest BCUT2D eigenvalue weighted by molar-refractivity contribution is -0.385. The molecule has 0 radical (unpaired) electrons. The number of pyridine rings is 1. The first kappa shape index (κ1) is 15.5. The Kier molecular flexibility index (Phi) is 5.07. The molecule has 0 saturated heterocycles. The van der Waals surface area contributed by atoms with Gasteiger partial charge in [0.2, 0.25) is 5.76 Å². The van der Waals surface area contributed by atoms with Crippen LogP contribution >= 0.6 is 0 Å². The monoisotopic (exact) mass is 305 g/mol. The standard InChI is InChI=1S/C14H15N3O5/c1-2-10(9-22-14(18)12-4-3-7-21-12)16-13-6-5-11(8-15-13)17(19)20/h3-8,10H,2,9H2,1H3,(H,15,16). The van der Waals surface area contributed by atoms with Gasteiger partial charge in [0.1, 0.15) is 18.6 Å². The average molecular weight is 305 g/mol. The van der Waals surface area contributed by atoms with Crippen LogP contribution in [0.3, 0.4) is 0 Å². The molecule has 22 heavy (non-hydrogen) atoms. The van der Waals surface area contributed by atoms with Gasteiger partial charge in [-0.3, -0.25) is 10.1 Å². The molecular weight excluding hydrogens is 290 g/mol. The molecule has 2 aromatic heterocycles. The highest BCUT2D eigenvalue weighted by Crippen LogP contribution is 2.13. The summed E-state index contributed by atoms with van der Waals surface area (Å²) in [7, 11) is 0. The van der Waals surface area contributed by atoms with Crippen molar-refractivity contribution in [3.8, 4) is 0 Å². The van der Waals surface area contributed by atoms with Crippen molar-refractivity contribution in [2.75, 3.05) is 11.9 Å². The summed E-state index contributed by atoms with van der Waals surface area (Å²) in [6.07, 6.45) is 3.25. The fourth-order valence-corrected chi connectivity index (χ4v) is 1.69. The minimum atomic E-state index is -0.540. The predicted molar refractivity (Wildman–Crippen MR) is 77.6 cm³/mol. The number of carbonyl (C=O) groups excluding carboxylic acids is 1. The number of furan rings is 1. The molecule has 2 aromatic rings. The van der Waals surface area contributed by atoms with Crippen LogP contribution in [-0.2, 0) is 4.74 Å². The van der Waals surface area contributed by atoms with Gasteiger partial charge in [0, 0.05) is 6.07 Å². The van der Waals surface area contributed by atoms with Gasteiger partial charge in [-0.1, -0.05) is 6.92 Å². The van der Waals surface area contributed by atoms with Crippen molar-refractivity contribution in [2.45, 2.75) is 19.4 Å². The Labute approximate surface area is 126 Å². The van der Waals surface area contributed by atoms with Gasteiger partial charge in [-0.25, -0.2) is 9.78 Å². The smallest absolute Gasteiger partial charge is 0.374 e. The Morgan fingerprint density at radius 3 is 2.86 bits per heavy atom. The number of ether oxygens (including phenoxy) is 1. The summed E-state index contributed by atoms with van der Waals surface area (Å²) in [6.45, 7) is 2.05. The summed E-state index contributed by atoms with van der Waals surface area (Å²) in [6, 6.07) is 5.83. The van der Waals surface area contributed by atoms with Crippen molar-refractivity contribution >= 4 is 17.5 Å². The second-order valence-corrected chi connectivity index (χ2v) is 4.48.